The average Bonchev–Trinajstić information content (AvgIpc) is 2.83. The van der Waals surface area contributed by atoms with Crippen LogP contribution in [0.5, 0.6) is 5.75 Å². The third-order valence-electron chi connectivity index (χ3n) is 3.64. The molecule has 1 aliphatic heterocycles. The first-order valence-electron chi connectivity index (χ1n) is 8.52. The van der Waals surface area contributed by atoms with E-state index in [4.69, 9.17) is 9.47 Å². The minimum absolute atomic E-state index is 0.0328. The molecule has 1 aromatic carbocycles. The number of benzene rings is 1. The Morgan fingerprint density at radius 3 is 2.58 bits per heavy atom. The highest BCUT2D eigenvalue weighted by atomic mass is 32.2. The molecule has 1 saturated heterocycles. The van der Waals surface area contributed by atoms with Gasteiger partial charge in [-0.1, -0.05) is 25.1 Å². The smallest absolute Gasteiger partial charge is 0.326 e. The fourth-order valence-electron chi connectivity index (χ4n) is 2.21. The standard InChI is InChI=1S/C19H23NO5S/c1-5-13(4)25-15-9-7-6-8-14(15)10-16-18(22)20(19(23)26-16)11-17(21)24-12(2)3/h6-10,12-13H,5,11H2,1-4H3/b16-10-. The number of nitrogens with zero attached hydrogens (tertiary/aromatic N) is 1. The third kappa shape index (κ3) is 5.11. The molecule has 0 aliphatic carbocycles. The molecule has 1 atom stereocenters. The Morgan fingerprint density at radius 2 is 1.92 bits per heavy atom. The van der Waals surface area contributed by atoms with Gasteiger partial charge < -0.3 is 9.47 Å². The average molecular weight is 377 g/mol. The number of amides is 2. The van der Waals surface area contributed by atoms with Crippen molar-refractivity contribution in [2.24, 2.45) is 0 Å². The van der Waals surface area contributed by atoms with Crippen molar-refractivity contribution in [2.75, 3.05) is 6.54 Å². The van der Waals surface area contributed by atoms with E-state index < -0.39 is 17.1 Å². The molecule has 26 heavy (non-hydrogen) atoms. The maximum atomic E-state index is 12.5. The van der Waals surface area contributed by atoms with Crippen LogP contribution in [0.2, 0.25) is 0 Å². The Labute approximate surface area is 157 Å². The van der Waals surface area contributed by atoms with Gasteiger partial charge in [0, 0.05) is 5.56 Å². The highest BCUT2D eigenvalue weighted by Gasteiger charge is 2.37. The first-order chi connectivity index (χ1) is 12.3. The molecule has 1 heterocycles. The molecule has 1 aromatic rings. The zero-order chi connectivity index (χ0) is 19.3. The maximum absolute atomic E-state index is 12.5. The normalized spacial score (nSPS) is 17.1. The molecule has 7 heteroatoms. The van der Waals surface area contributed by atoms with Gasteiger partial charge in [0.25, 0.3) is 11.1 Å². The predicted octanol–water partition coefficient (Wildman–Crippen LogP) is 3.85. The van der Waals surface area contributed by atoms with Gasteiger partial charge in [-0.2, -0.15) is 0 Å². The first-order valence-corrected chi connectivity index (χ1v) is 9.34. The van der Waals surface area contributed by atoms with E-state index in [1.54, 1.807) is 19.9 Å². The molecule has 0 aromatic heterocycles. The zero-order valence-corrected chi connectivity index (χ0v) is 16.2. The number of ether oxygens (including phenoxy) is 2. The number of esters is 1. The molecule has 0 saturated carbocycles. The molecule has 0 bridgehead atoms. The van der Waals surface area contributed by atoms with E-state index in [1.807, 2.05) is 38.1 Å². The molecule has 2 rings (SSSR count). The minimum atomic E-state index is -0.607. The fraction of sp³-hybridized carbons (Fsp3) is 0.421. The van der Waals surface area contributed by atoms with Crippen molar-refractivity contribution in [1.29, 1.82) is 0 Å². The molecule has 0 N–H and O–H groups in total. The summed E-state index contributed by atoms with van der Waals surface area (Å²) >= 11 is 0.806. The van der Waals surface area contributed by atoms with Crippen molar-refractivity contribution in [3.63, 3.8) is 0 Å². The van der Waals surface area contributed by atoms with Gasteiger partial charge in [0.2, 0.25) is 0 Å². The van der Waals surface area contributed by atoms with E-state index in [0.29, 0.717) is 11.3 Å². The molecule has 2 amide bonds. The van der Waals surface area contributed by atoms with Gasteiger partial charge in [-0.15, -0.1) is 0 Å². The summed E-state index contributed by atoms with van der Waals surface area (Å²) in [6, 6.07) is 7.32. The summed E-state index contributed by atoms with van der Waals surface area (Å²) in [5.41, 5.74) is 0.711. The number of rotatable bonds is 7. The van der Waals surface area contributed by atoms with Crippen molar-refractivity contribution in [3.05, 3.63) is 34.7 Å². The van der Waals surface area contributed by atoms with Crippen LogP contribution in [-0.2, 0) is 14.3 Å². The highest BCUT2D eigenvalue weighted by Crippen LogP contribution is 2.34. The Morgan fingerprint density at radius 1 is 1.23 bits per heavy atom. The fourth-order valence-corrected chi connectivity index (χ4v) is 3.04. The zero-order valence-electron chi connectivity index (χ0n) is 15.4. The number of carbonyl (C=O) groups is 3. The lowest BCUT2D eigenvalue weighted by molar-refractivity contribution is -0.149. The van der Waals surface area contributed by atoms with Gasteiger partial charge >= 0.3 is 5.97 Å². The summed E-state index contributed by atoms with van der Waals surface area (Å²) in [5.74, 6) is -0.462. The van der Waals surface area contributed by atoms with Crippen LogP contribution >= 0.6 is 11.8 Å². The summed E-state index contributed by atoms with van der Waals surface area (Å²) in [5, 5.41) is -0.484. The number of para-hydroxylation sites is 1. The number of thioether (sulfide) groups is 1. The number of hydrogen-bond donors (Lipinski definition) is 0. The summed E-state index contributed by atoms with van der Waals surface area (Å²) in [7, 11) is 0. The molecule has 0 radical (unpaired) electrons. The second-order valence-electron chi connectivity index (χ2n) is 6.18. The molecule has 6 nitrogen and oxygen atoms in total. The van der Waals surface area contributed by atoms with Crippen molar-refractivity contribution in [1.82, 2.24) is 4.90 Å². The Kier molecular flexibility index (Phi) is 6.85. The molecule has 0 spiro atoms. The monoisotopic (exact) mass is 377 g/mol. The van der Waals surface area contributed by atoms with Crippen LogP contribution in [0.3, 0.4) is 0 Å². The van der Waals surface area contributed by atoms with E-state index in [0.717, 1.165) is 23.1 Å². The van der Waals surface area contributed by atoms with Crippen LogP contribution < -0.4 is 4.74 Å². The minimum Gasteiger partial charge on any atom is -0.490 e. The predicted molar refractivity (Wildman–Crippen MR) is 101 cm³/mol. The van der Waals surface area contributed by atoms with Crippen LogP contribution in [0.25, 0.3) is 6.08 Å². The molecule has 1 fully saturated rings. The van der Waals surface area contributed by atoms with Gasteiger partial charge in [-0.25, -0.2) is 0 Å². The van der Waals surface area contributed by atoms with Crippen molar-refractivity contribution < 1.29 is 23.9 Å². The number of hydrogen-bond acceptors (Lipinski definition) is 6. The molecular weight excluding hydrogens is 354 g/mol. The third-order valence-corrected chi connectivity index (χ3v) is 4.54. The van der Waals surface area contributed by atoms with Gasteiger partial charge in [-0.05, 0) is 51.1 Å². The molecular formula is C19H23NO5S. The van der Waals surface area contributed by atoms with Crippen LogP contribution in [0, 0.1) is 0 Å². The Hall–Kier alpha value is -2.28. The van der Waals surface area contributed by atoms with Crippen LogP contribution in [-0.4, -0.2) is 40.8 Å². The SMILES string of the molecule is CCC(C)Oc1ccccc1/C=C1\SC(=O)N(CC(=O)OC(C)C)C1=O. The lowest BCUT2D eigenvalue weighted by Crippen LogP contribution is -2.35. The molecule has 1 aliphatic rings. The molecule has 140 valence electrons. The van der Waals surface area contributed by atoms with Crippen LogP contribution in [0.4, 0.5) is 4.79 Å². The van der Waals surface area contributed by atoms with Crippen molar-refractivity contribution >= 4 is 35.0 Å². The van der Waals surface area contributed by atoms with Crippen LogP contribution in [0.15, 0.2) is 29.2 Å². The number of carbonyl (C=O) groups excluding carboxylic acids is 3. The van der Waals surface area contributed by atoms with E-state index in [9.17, 15) is 14.4 Å². The summed E-state index contributed by atoms with van der Waals surface area (Å²) in [6.07, 6.45) is 2.20. The van der Waals surface area contributed by atoms with E-state index in [2.05, 4.69) is 0 Å². The summed E-state index contributed by atoms with van der Waals surface area (Å²) < 4.78 is 10.9. The van der Waals surface area contributed by atoms with Gasteiger partial charge in [0.1, 0.15) is 12.3 Å². The largest absolute Gasteiger partial charge is 0.490 e. The van der Waals surface area contributed by atoms with Crippen molar-refractivity contribution in [2.45, 2.75) is 46.3 Å². The van der Waals surface area contributed by atoms with Gasteiger partial charge in [0.05, 0.1) is 17.1 Å². The number of imide groups is 1. The quantitative estimate of drug-likeness (QED) is 0.531. The lowest BCUT2D eigenvalue weighted by Gasteiger charge is -2.15. The van der Waals surface area contributed by atoms with Gasteiger partial charge in [0.15, 0.2) is 0 Å². The maximum Gasteiger partial charge on any atom is 0.326 e. The Balaban J connectivity index is 2.19. The highest BCUT2D eigenvalue weighted by molar-refractivity contribution is 8.18. The van der Waals surface area contributed by atoms with Gasteiger partial charge in [-0.3, -0.25) is 19.3 Å². The topological polar surface area (TPSA) is 72.9 Å². The first kappa shape index (κ1) is 20.0. The van der Waals surface area contributed by atoms with Crippen LogP contribution in [0.1, 0.15) is 39.7 Å². The summed E-state index contributed by atoms with van der Waals surface area (Å²) in [6.45, 7) is 7.02. The second-order valence-corrected chi connectivity index (χ2v) is 7.17. The summed E-state index contributed by atoms with van der Waals surface area (Å²) in [4.78, 5) is 37.5. The Bertz CT molecular complexity index is 728. The second kappa shape index (κ2) is 8.89. The van der Waals surface area contributed by atoms with E-state index in [1.165, 1.54) is 0 Å². The van der Waals surface area contributed by atoms with E-state index >= 15 is 0 Å². The van der Waals surface area contributed by atoms with E-state index in [-0.39, 0.29) is 23.7 Å². The van der Waals surface area contributed by atoms with Crippen molar-refractivity contribution in [3.8, 4) is 5.75 Å². The lowest BCUT2D eigenvalue weighted by atomic mass is 10.1. The molecule has 1 unspecified atom stereocenters.